The van der Waals surface area contributed by atoms with E-state index in [0.29, 0.717) is 18.1 Å². The molecule has 0 radical (unpaired) electrons. The summed E-state index contributed by atoms with van der Waals surface area (Å²) in [5.74, 6) is 0.0774. The van der Waals surface area contributed by atoms with Crippen molar-refractivity contribution in [2.24, 2.45) is 0 Å². The van der Waals surface area contributed by atoms with E-state index in [-0.39, 0.29) is 5.92 Å². The summed E-state index contributed by atoms with van der Waals surface area (Å²) >= 11 is 1.36. The van der Waals surface area contributed by atoms with E-state index in [1.807, 2.05) is 18.2 Å². The van der Waals surface area contributed by atoms with Gasteiger partial charge in [0, 0.05) is 21.3 Å². The van der Waals surface area contributed by atoms with E-state index in [2.05, 4.69) is 13.0 Å². The molecule has 0 bridgehead atoms. The molecule has 1 heterocycles. The van der Waals surface area contributed by atoms with Gasteiger partial charge >= 0.3 is 6.18 Å². The maximum atomic E-state index is 13.0. The Morgan fingerprint density at radius 3 is 2.46 bits per heavy atom. The van der Waals surface area contributed by atoms with Gasteiger partial charge in [-0.25, -0.2) is 0 Å². The summed E-state index contributed by atoms with van der Waals surface area (Å²) in [7, 11) is 0. The third kappa shape index (κ3) is 3.17. The van der Waals surface area contributed by atoms with Crippen molar-refractivity contribution in [3.05, 3.63) is 70.1 Å². The molecule has 136 valence electrons. The van der Waals surface area contributed by atoms with Gasteiger partial charge in [0.05, 0.1) is 18.8 Å². The molecular weight excluding hydrogens is 361 g/mol. The van der Waals surface area contributed by atoms with Crippen molar-refractivity contribution in [3.8, 4) is 0 Å². The molecule has 0 spiro atoms. The van der Waals surface area contributed by atoms with Gasteiger partial charge in [-0.2, -0.15) is 13.2 Å². The minimum Gasteiger partial charge on any atom is -0.346 e. The third-order valence-electron chi connectivity index (χ3n) is 4.62. The standard InChI is InChI=1S/C20H17F3O2S/c1-12-15-7-2-3-8-16(15)17(19-24-9-10-25-19)18(12)26-14-6-4-5-13(11-14)20(21,22)23/h2-8,11-12,19H,9-10H2,1H3. The van der Waals surface area contributed by atoms with E-state index in [1.165, 1.54) is 23.9 Å². The fraction of sp³-hybridized carbons (Fsp3) is 0.300. The Morgan fingerprint density at radius 1 is 1.00 bits per heavy atom. The summed E-state index contributed by atoms with van der Waals surface area (Å²) in [5, 5.41) is 0. The van der Waals surface area contributed by atoms with Gasteiger partial charge in [0.1, 0.15) is 0 Å². The molecule has 1 atom stereocenters. The highest BCUT2D eigenvalue weighted by Gasteiger charge is 2.36. The number of benzene rings is 2. The molecule has 2 nitrogen and oxygen atoms in total. The molecule has 0 aromatic heterocycles. The Kier molecular flexibility index (Phi) is 4.59. The summed E-state index contributed by atoms with van der Waals surface area (Å²) < 4.78 is 50.5. The molecule has 1 aliphatic carbocycles. The second-order valence-electron chi connectivity index (χ2n) is 6.29. The van der Waals surface area contributed by atoms with Gasteiger partial charge < -0.3 is 9.47 Å². The first-order valence-electron chi connectivity index (χ1n) is 8.37. The number of fused-ring (bicyclic) bond motifs is 1. The number of ether oxygens (including phenoxy) is 2. The molecule has 1 unspecified atom stereocenters. The van der Waals surface area contributed by atoms with Crippen LogP contribution in [0.15, 0.2) is 58.3 Å². The quantitative estimate of drug-likeness (QED) is 0.683. The fourth-order valence-corrected chi connectivity index (χ4v) is 4.61. The van der Waals surface area contributed by atoms with Crippen molar-refractivity contribution < 1.29 is 22.6 Å². The first kappa shape index (κ1) is 17.6. The Labute approximate surface area is 154 Å². The summed E-state index contributed by atoms with van der Waals surface area (Å²) in [5.41, 5.74) is 2.51. The van der Waals surface area contributed by atoms with Gasteiger partial charge in [0.25, 0.3) is 0 Å². The van der Waals surface area contributed by atoms with Crippen LogP contribution in [0.1, 0.15) is 29.5 Å². The van der Waals surface area contributed by atoms with Crippen molar-refractivity contribution in [1.82, 2.24) is 0 Å². The number of alkyl halides is 3. The van der Waals surface area contributed by atoms with Crippen LogP contribution in [0.25, 0.3) is 5.57 Å². The summed E-state index contributed by atoms with van der Waals surface area (Å²) in [6.07, 6.45) is -4.81. The van der Waals surface area contributed by atoms with Gasteiger partial charge in [-0.3, -0.25) is 0 Å². The van der Waals surface area contributed by atoms with Crippen LogP contribution in [-0.4, -0.2) is 19.5 Å². The Hall–Kier alpha value is -1.76. The van der Waals surface area contributed by atoms with Crippen LogP contribution in [0, 0.1) is 0 Å². The van der Waals surface area contributed by atoms with Crippen molar-refractivity contribution in [2.45, 2.75) is 30.2 Å². The topological polar surface area (TPSA) is 18.5 Å². The summed E-state index contributed by atoms with van der Waals surface area (Å²) in [6, 6.07) is 13.4. The lowest BCUT2D eigenvalue weighted by molar-refractivity contribution is -0.137. The zero-order valence-electron chi connectivity index (χ0n) is 14.0. The van der Waals surface area contributed by atoms with E-state index >= 15 is 0 Å². The van der Waals surface area contributed by atoms with Gasteiger partial charge in [-0.15, -0.1) is 0 Å². The highest BCUT2D eigenvalue weighted by molar-refractivity contribution is 8.03. The smallest absolute Gasteiger partial charge is 0.346 e. The molecule has 2 aromatic carbocycles. The molecule has 0 saturated carbocycles. The van der Waals surface area contributed by atoms with Crippen LogP contribution < -0.4 is 0 Å². The maximum absolute atomic E-state index is 13.0. The number of allylic oxidation sites excluding steroid dienone is 1. The predicted molar refractivity (Wildman–Crippen MR) is 94.8 cm³/mol. The van der Waals surface area contributed by atoms with E-state index in [0.717, 1.165) is 27.7 Å². The molecule has 1 aliphatic heterocycles. The van der Waals surface area contributed by atoms with Crippen LogP contribution in [0.5, 0.6) is 0 Å². The average Bonchev–Trinajstić information content (AvgIpc) is 3.22. The zero-order chi connectivity index (χ0) is 18.3. The Balaban J connectivity index is 1.75. The van der Waals surface area contributed by atoms with E-state index in [9.17, 15) is 13.2 Å². The Bertz CT molecular complexity index is 854. The van der Waals surface area contributed by atoms with E-state index in [1.54, 1.807) is 6.07 Å². The normalized spacial score (nSPS) is 20.7. The number of rotatable bonds is 3. The van der Waals surface area contributed by atoms with E-state index in [4.69, 9.17) is 9.47 Å². The van der Waals surface area contributed by atoms with Gasteiger partial charge in [-0.05, 0) is 29.3 Å². The lowest BCUT2D eigenvalue weighted by atomic mass is 10.0. The molecule has 26 heavy (non-hydrogen) atoms. The minimum atomic E-state index is -4.35. The van der Waals surface area contributed by atoms with Gasteiger partial charge in [-0.1, -0.05) is 49.0 Å². The predicted octanol–water partition coefficient (Wildman–Crippen LogP) is 5.70. The lowest BCUT2D eigenvalue weighted by Gasteiger charge is -2.16. The molecule has 1 saturated heterocycles. The van der Waals surface area contributed by atoms with E-state index < -0.39 is 18.0 Å². The number of thioether (sulfide) groups is 1. The zero-order valence-corrected chi connectivity index (χ0v) is 14.9. The van der Waals surface area contributed by atoms with Crippen LogP contribution >= 0.6 is 11.8 Å². The molecule has 2 aromatic rings. The monoisotopic (exact) mass is 378 g/mol. The highest BCUT2D eigenvalue weighted by Crippen LogP contribution is 2.51. The van der Waals surface area contributed by atoms with Crippen LogP contribution in [0.2, 0.25) is 0 Å². The number of hydrogen-bond acceptors (Lipinski definition) is 3. The molecule has 0 N–H and O–H groups in total. The van der Waals surface area contributed by atoms with Crippen molar-refractivity contribution >= 4 is 17.3 Å². The van der Waals surface area contributed by atoms with Crippen molar-refractivity contribution in [3.63, 3.8) is 0 Å². The average molecular weight is 378 g/mol. The highest BCUT2D eigenvalue weighted by atomic mass is 32.2. The first-order valence-corrected chi connectivity index (χ1v) is 9.18. The van der Waals surface area contributed by atoms with Crippen molar-refractivity contribution in [1.29, 1.82) is 0 Å². The van der Waals surface area contributed by atoms with Crippen LogP contribution in [0.3, 0.4) is 0 Å². The molecule has 0 amide bonds. The third-order valence-corrected chi connectivity index (χ3v) is 5.91. The Morgan fingerprint density at radius 2 is 1.73 bits per heavy atom. The second-order valence-corrected chi connectivity index (χ2v) is 7.40. The molecule has 6 heteroatoms. The summed E-state index contributed by atoms with van der Waals surface area (Å²) in [4.78, 5) is 1.54. The molecule has 4 rings (SSSR count). The van der Waals surface area contributed by atoms with Crippen LogP contribution in [0.4, 0.5) is 13.2 Å². The largest absolute Gasteiger partial charge is 0.416 e. The summed E-state index contributed by atoms with van der Waals surface area (Å²) in [6.45, 7) is 3.11. The fourth-order valence-electron chi connectivity index (χ4n) is 3.40. The molecule has 1 fully saturated rings. The lowest BCUT2D eigenvalue weighted by Crippen LogP contribution is -2.10. The SMILES string of the molecule is CC1C(Sc2cccc(C(F)(F)F)c2)=C(C2OCCO2)c2ccccc21. The molecular formula is C20H17F3O2S. The van der Waals surface area contributed by atoms with Gasteiger partial charge in [0.15, 0.2) is 6.29 Å². The van der Waals surface area contributed by atoms with Crippen molar-refractivity contribution in [2.75, 3.05) is 13.2 Å². The first-order chi connectivity index (χ1) is 12.4. The second kappa shape index (κ2) is 6.76. The number of halogens is 3. The van der Waals surface area contributed by atoms with Gasteiger partial charge in [0.2, 0.25) is 0 Å². The number of hydrogen-bond donors (Lipinski definition) is 0. The minimum absolute atomic E-state index is 0.0774. The molecule has 2 aliphatic rings. The maximum Gasteiger partial charge on any atom is 0.416 e. The van der Waals surface area contributed by atoms with Crippen LogP contribution in [-0.2, 0) is 15.7 Å².